The van der Waals surface area contributed by atoms with Gasteiger partial charge < -0.3 is 4.98 Å². The number of nitrogens with one attached hydrogen (secondary N) is 1. The number of H-pyrrole nitrogens is 1. The van der Waals surface area contributed by atoms with Crippen molar-refractivity contribution in [2.45, 2.75) is 31.3 Å². The van der Waals surface area contributed by atoms with Gasteiger partial charge in [0.2, 0.25) is 0 Å². The van der Waals surface area contributed by atoms with E-state index in [1.807, 2.05) is 24.3 Å². The highest BCUT2D eigenvalue weighted by Gasteiger charge is 2.24. The van der Waals surface area contributed by atoms with Crippen molar-refractivity contribution in [3.8, 4) is 0 Å². The Morgan fingerprint density at radius 3 is 2.61 bits per heavy atom. The van der Waals surface area contributed by atoms with Crippen molar-refractivity contribution in [1.82, 2.24) is 18.8 Å². The van der Waals surface area contributed by atoms with Gasteiger partial charge in [0.25, 0.3) is 15.6 Å². The van der Waals surface area contributed by atoms with Crippen molar-refractivity contribution < 1.29 is 8.42 Å². The zero-order valence-corrected chi connectivity index (χ0v) is 17.9. The van der Waals surface area contributed by atoms with Crippen LogP contribution < -0.4 is 5.56 Å². The number of aromatic amines is 1. The molecule has 4 aromatic rings. The third-order valence-electron chi connectivity index (χ3n) is 5.72. The maximum Gasteiger partial charge on any atom is 0.268 e. The van der Waals surface area contributed by atoms with Gasteiger partial charge in [-0.05, 0) is 30.7 Å². The van der Waals surface area contributed by atoms with Crippen molar-refractivity contribution in [2.24, 2.45) is 0 Å². The molecule has 0 aliphatic carbocycles. The second kappa shape index (κ2) is 7.47. The van der Waals surface area contributed by atoms with Gasteiger partial charge in [-0.15, -0.1) is 0 Å². The molecule has 0 spiro atoms. The minimum atomic E-state index is -3.71. The predicted octanol–water partition coefficient (Wildman–Crippen LogP) is 2.83. The number of benzene rings is 2. The fourth-order valence-electron chi connectivity index (χ4n) is 4.23. The minimum Gasteiger partial charge on any atom is -0.310 e. The molecule has 0 amide bonds. The average molecular weight is 435 g/mol. The second-order valence-corrected chi connectivity index (χ2v) is 9.64. The van der Waals surface area contributed by atoms with Crippen molar-refractivity contribution in [3.63, 3.8) is 0 Å². The van der Waals surface area contributed by atoms with E-state index in [0.717, 1.165) is 23.2 Å². The number of para-hydroxylation sites is 1. The summed E-state index contributed by atoms with van der Waals surface area (Å²) in [4.78, 5) is 22.0. The first-order valence-corrected chi connectivity index (χ1v) is 11.6. The molecule has 0 bridgehead atoms. The fourth-order valence-corrected chi connectivity index (χ4v) is 5.64. The number of aryl methyl sites for hydroxylation is 1. The molecular formula is C23H22N4O3S. The molecule has 2 aromatic carbocycles. The highest BCUT2D eigenvalue weighted by molar-refractivity contribution is 7.90. The zero-order chi connectivity index (χ0) is 21.6. The normalized spacial score (nSPS) is 14.6. The molecular weight excluding hydrogens is 412 g/mol. The molecule has 0 atom stereocenters. The third-order valence-corrected chi connectivity index (χ3v) is 7.41. The van der Waals surface area contributed by atoms with Crippen molar-refractivity contribution in [2.75, 3.05) is 6.54 Å². The maximum atomic E-state index is 13.3. The van der Waals surface area contributed by atoms with Gasteiger partial charge >= 0.3 is 0 Å². The Labute approximate surface area is 180 Å². The van der Waals surface area contributed by atoms with Gasteiger partial charge in [0, 0.05) is 37.6 Å². The summed E-state index contributed by atoms with van der Waals surface area (Å²) in [5.74, 6) is 0.631. The molecule has 8 heteroatoms. The van der Waals surface area contributed by atoms with Crippen LogP contribution in [0.2, 0.25) is 0 Å². The molecule has 31 heavy (non-hydrogen) atoms. The van der Waals surface area contributed by atoms with Crippen molar-refractivity contribution in [1.29, 1.82) is 0 Å². The summed E-state index contributed by atoms with van der Waals surface area (Å²) in [6, 6.07) is 16.0. The summed E-state index contributed by atoms with van der Waals surface area (Å²) in [6.07, 6.45) is 2.40. The molecule has 0 radical (unpaired) electrons. The Hall–Kier alpha value is -3.23. The third kappa shape index (κ3) is 3.47. The highest BCUT2D eigenvalue weighted by Crippen LogP contribution is 2.28. The Bertz CT molecular complexity index is 1440. The molecule has 5 rings (SSSR count). The summed E-state index contributed by atoms with van der Waals surface area (Å²) in [5.41, 5.74) is 3.01. The van der Waals surface area contributed by atoms with E-state index in [0.29, 0.717) is 36.4 Å². The molecule has 1 aliphatic rings. The lowest BCUT2D eigenvalue weighted by atomic mass is 10.1. The summed E-state index contributed by atoms with van der Waals surface area (Å²) < 4.78 is 27.9. The van der Waals surface area contributed by atoms with E-state index in [9.17, 15) is 13.2 Å². The van der Waals surface area contributed by atoms with Gasteiger partial charge in [0.05, 0.1) is 21.7 Å². The molecule has 158 valence electrons. The summed E-state index contributed by atoms with van der Waals surface area (Å²) >= 11 is 0. The van der Waals surface area contributed by atoms with Crippen LogP contribution in [0.25, 0.3) is 10.9 Å². The Balaban J connectivity index is 1.53. The van der Waals surface area contributed by atoms with E-state index in [1.54, 1.807) is 43.5 Å². The minimum absolute atomic E-state index is 0.0960. The van der Waals surface area contributed by atoms with Gasteiger partial charge in [0.1, 0.15) is 5.82 Å². The zero-order valence-electron chi connectivity index (χ0n) is 17.1. The quantitative estimate of drug-likeness (QED) is 0.534. The van der Waals surface area contributed by atoms with Crippen LogP contribution in [0, 0.1) is 6.92 Å². The van der Waals surface area contributed by atoms with Crippen molar-refractivity contribution >= 4 is 20.9 Å². The Morgan fingerprint density at radius 2 is 1.81 bits per heavy atom. The van der Waals surface area contributed by atoms with Crippen LogP contribution in [0.15, 0.2) is 70.5 Å². The molecule has 2 aromatic heterocycles. The van der Waals surface area contributed by atoms with Crippen LogP contribution in [-0.4, -0.2) is 33.8 Å². The largest absolute Gasteiger partial charge is 0.310 e. The van der Waals surface area contributed by atoms with E-state index in [-0.39, 0.29) is 10.5 Å². The Morgan fingerprint density at radius 1 is 1.06 bits per heavy atom. The second-order valence-electron chi connectivity index (χ2n) is 7.82. The number of hydrogen-bond donors (Lipinski definition) is 1. The lowest BCUT2D eigenvalue weighted by Crippen LogP contribution is -2.35. The lowest BCUT2D eigenvalue weighted by molar-refractivity contribution is 0.242. The van der Waals surface area contributed by atoms with Gasteiger partial charge in [-0.1, -0.05) is 36.4 Å². The molecule has 3 heterocycles. The standard InChI is InChI=1S/C23H22N4O3S/c1-16-24-21-11-12-26(15-20(21)23(28)25-16)13-17-14-27(22-10-6-5-9-19(17)22)31(29,30)18-7-3-2-4-8-18/h2-10,14H,11-13,15H2,1H3,(H,24,25,28). The molecule has 0 saturated heterocycles. The van der Waals surface area contributed by atoms with Crippen LogP contribution >= 0.6 is 0 Å². The van der Waals surface area contributed by atoms with Crippen LogP contribution in [0.3, 0.4) is 0 Å². The monoisotopic (exact) mass is 434 g/mol. The van der Waals surface area contributed by atoms with E-state index in [1.165, 1.54) is 3.97 Å². The van der Waals surface area contributed by atoms with Gasteiger partial charge in [-0.25, -0.2) is 17.4 Å². The topological polar surface area (TPSA) is 88.1 Å². The number of fused-ring (bicyclic) bond motifs is 2. The summed E-state index contributed by atoms with van der Waals surface area (Å²) in [6.45, 7) is 3.58. The fraction of sp³-hybridized carbons (Fsp3) is 0.217. The SMILES string of the molecule is Cc1nc2c(c(=O)[nH]1)CN(Cc1cn(S(=O)(=O)c3ccccc3)c3ccccc13)CC2. The number of aromatic nitrogens is 3. The smallest absolute Gasteiger partial charge is 0.268 e. The van der Waals surface area contributed by atoms with Crippen LogP contribution in [0.5, 0.6) is 0 Å². The molecule has 0 fully saturated rings. The molecule has 0 saturated carbocycles. The first kappa shape index (κ1) is 19.7. The van der Waals surface area contributed by atoms with Crippen LogP contribution in [0.4, 0.5) is 0 Å². The van der Waals surface area contributed by atoms with Gasteiger partial charge in [-0.2, -0.15) is 0 Å². The van der Waals surface area contributed by atoms with Crippen molar-refractivity contribution in [3.05, 3.63) is 93.8 Å². The summed E-state index contributed by atoms with van der Waals surface area (Å²) in [7, 11) is -3.71. The molecule has 7 nitrogen and oxygen atoms in total. The van der Waals surface area contributed by atoms with E-state index < -0.39 is 10.0 Å². The van der Waals surface area contributed by atoms with E-state index in [4.69, 9.17) is 0 Å². The summed E-state index contributed by atoms with van der Waals surface area (Å²) in [5, 5.41) is 0.892. The van der Waals surface area contributed by atoms with Crippen LogP contribution in [-0.2, 0) is 29.5 Å². The molecule has 1 N–H and O–H groups in total. The Kier molecular flexibility index (Phi) is 4.75. The van der Waals surface area contributed by atoms with E-state index >= 15 is 0 Å². The average Bonchev–Trinajstić information content (AvgIpc) is 3.14. The first-order chi connectivity index (χ1) is 14.9. The highest BCUT2D eigenvalue weighted by atomic mass is 32.2. The molecule has 0 unspecified atom stereocenters. The molecule has 1 aliphatic heterocycles. The maximum absolute atomic E-state index is 13.3. The van der Waals surface area contributed by atoms with E-state index in [2.05, 4.69) is 14.9 Å². The number of hydrogen-bond acceptors (Lipinski definition) is 5. The predicted molar refractivity (Wildman–Crippen MR) is 118 cm³/mol. The number of nitrogens with zero attached hydrogens (tertiary/aromatic N) is 3. The lowest BCUT2D eigenvalue weighted by Gasteiger charge is -2.27. The number of rotatable bonds is 4. The first-order valence-electron chi connectivity index (χ1n) is 10.1. The van der Waals surface area contributed by atoms with Crippen LogP contribution in [0.1, 0.15) is 22.6 Å². The van der Waals surface area contributed by atoms with Gasteiger partial charge in [0.15, 0.2) is 0 Å². The van der Waals surface area contributed by atoms with Gasteiger partial charge in [-0.3, -0.25) is 9.69 Å².